The number of hydrogen-bond acceptors (Lipinski definition) is 7. The number of rotatable bonds is 9. The second-order valence-corrected chi connectivity index (χ2v) is 9.39. The molecule has 1 aliphatic rings. The SMILES string of the molecule is O=C(NC[C@@H](NC(=O)[C@H]1CCCN1S(=O)(=O)c1ccc([N+](=O)[O-])cc1)C(=O)O)c1ccccc1. The Labute approximate surface area is 194 Å². The Bertz CT molecular complexity index is 1190. The Kier molecular flexibility index (Phi) is 7.58. The summed E-state index contributed by atoms with van der Waals surface area (Å²) in [5.74, 6) is -2.74. The Morgan fingerprint density at radius 2 is 1.76 bits per heavy atom. The molecule has 0 bridgehead atoms. The van der Waals surface area contributed by atoms with Crippen molar-refractivity contribution in [3.05, 3.63) is 70.3 Å². The summed E-state index contributed by atoms with van der Waals surface area (Å²) in [4.78, 5) is 46.6. The molecule has 2 aromatic rings. The van der Waals surface area contributed by atoms with Crippen LogP contribution in [0.15, 0.2) is 59.5 Å². The first-order valence-electron chi connectivity index (χ1n) is 10.2. The summed E-state index contributed by atoms with van der Waals surface area (Å²) in [5.41, 5.74) is 0.0330. The second-order valence-electron chi connectivity index (χ2n) is 7.50. The van der Waals surface area contributed by atoms with E-state index in [0.717, 1.165) is 28.6 Å². The van der Waals surface area contributed by atoms with Crippen LogP contribution in [0.5, 0.6) is 0 Å². The third-order valence-electron chi connectivity index (χ3n) is 5.28. The topological polar surface area (TPSA) is 176 Å². The van der Waals surface area contributed by atoms with E-state index in [1.54, 1.807) is 30.3 Å². The number of benzene rings is 2. The fraction of sp³-hybridized carbons (Fsp3) is 0.286. The third-order valence-corrected chi connectivity index (χ3v) is 7.20. The minimum Gasteiger partial charge on any atom is -0.480 e. The van der Waals surface area contributed by atoms with Crippen molar-refractivity contribution in [3.8, 4) is 0 Å². The third kappa shape index (κ3) is 5.55. The van der Waals surface area contributed by atoms with Crippen LogP contribution in [0, 0.1) is 10.1 Å². The molecule has 3 rings (SSSR count). The number of nitrogens with zero attached hydrogens (tertiary/aromatic N) is 2. The highest BCUT2D eigenvalue weighted by molar-refractivity contribution is 7.89. The number of carboxylic acids is 1. The molecule has 0 saturated carbocycles. The first kappa shape index (κ1) is 24.8. The van der Waals surface area contributed by atoms with Crippen LogP contribution in [0.25, 0.3) is 0 Å². The molecule has 13 heteroatoms. The number of carbonyl (C=O) groups excluding carboxylic acids is 2. The van der Waals surface area contributed by atoms with Crippen LogP contribution >= 0.6 is 0 Å². The Balaban J connectivity index is 1.69. The zero-order chi connectivity index (χ0) is 24.9. The van der Waals surface area contributed by atoms with Crippen molar-refractivity contribution in [2.75, 3.05) is 13.1 Å². The highest BCUT2D eigenvalue weighted by Crippen LogP contribution is 2.27. The van der Waals surface area contributed by atoms with Gasteiger partial charge in [-0.05, 0) is 37.1 Å². The average Bonchev–Trinajstić information content (AvgIpc) is 3.33. The van der Waals surface area contributed by atoms with Gasteiger partial charge in [0.15, 0.2) is 0 Å². The van der Waals surface area contributed by atoms with Gasteiger partial charge in [-0.3, -0.25) is 19.7 Å². The average molecular weight is 490 g/mol. The quantitative estimate of drug-likeness (QED) is 0.341. The lowest BCUT2D eigenvalue weighted by molar-refractivity contribution is -0.384. The molecule has 0 unspecified atom stereocenters. The minimum atomic E-state index is -4.16. The van der Waals surface area contributed by atoms with E-state index in [0.29, 0.717) is 12.0 Å². The van der Waals surface area contributed by atoms with Crippen molar-refractivity contribution in [3.63, 3.8) is 0 Å². The summed E-state index contributed by atoms with van der Waals surface area (Å²) >= 11 is 0. The first-order chi connectivity index (χ1) is 16.1. The summed E-state index contributed by atoms with van der Waals surface area (Å²) in [5, 5.41) is 25.0. The normalized spacial score (nSPS) is 17.0. The molecule has 0 aliphatic carbocycles. The number of non-ortho nitro benzene ring substituents is 1. The Hall–Kier alpha value is -3.84. The van der Waals surface area contributed by atoms with E-state index >= 15 is 0 Å². The first-order valence-corrected chi connectivity index (χ1v) is 11.7. The van der Waals surface area contributed by atoms with E-state index in [2.05, 4.69) is 10.6 Å². The summed E-state index contributed by atoms with van der Waals surface area (Å²) in [7, 11) is -4.16. The predicted molar refractivity (Wildman–Crippen MR) is 118 cm³/mol. The monoisotopic (exact) mass is 490 g/mol. The minimum absolute atomic E-state index is 0.0277. The van der Waals surface area contributed by atoms with E-state index in [4.69, 9.17) is 0 Å². The van der Waals surface area contributed by atoms with Gasteiger partial charge in [0.25, 0.3) is 11.6 Å². The number of nitrogens with one attached hydrogen (secondary N) is 2. The zero-order valence-electron chi connectivity index (χ0n) is 17.8. The zero-order valence-corrected chi connectivity index (χ0v) is 18.6. The van der Waals surface area contributed by atoms with Crippen molar-refractivity contribution in [1.29, 1.82) is 0 Å². The van der Waals surface area contributed by atoms with E-state index in [9.17, 15) is 38.0 Å². The molecule has 0 aromatic heterocycles. The van der Waals surface area contributed by atoms with E-state index < -0.39 is 51.4 Å². The standard InChI is InChI=1S/C21H22N4O8S/c26-19(14-5-2-1-3-6-14)22-13-17(21(28)29)23-20(27)18-7-4-12-24(18)34(32,33)16-10-8-15(9-11-16)25(30)31/h1-3,5-6,8-11,17-18H,4,7,12-13H2,(H,22,26)(H,23,27)(H,28,29)/t17-,18-/m1/s1. The van der Waals surface area contributed by atoms with Crippen molar-refractivity contribution >= 4 is 33.5 Å². The van der Waals surface area contributed by atoms with Crippen molar-refractivity contribution in [2.24, 2.45) is 0 Å². The van der Waals surface area contributed by atoms with Crippen LogP contribution in [-0.4, -0.2) is 65.7 Å². The Morgan fingerprint density at radius 1 is 1.12 bits per heavy atom. The number of carbonyl (C=O) groups is 3. The largest absolute Gasteiger partial charge is 0.480 e. The van der Waals surface area contributed by atoms with Crippen LogP contribution in [0.2, 0.25) is 0 Å². The summed E-state index contributed by atoms with van der Waals surface area (Å²) in [6, 6.07) is 9.72. The maximum atomic E-state index is 13.0. The molecule has 0 radical (unpaired) electrons. The van der Waals surface area contributed by atoms with E-state index in [1.807, 2.05) is 0 Å². The van der Waals surface area contributed by atoms with Crippen LogP contribution in [0.3, 0.4) is 0 Å². The molecule has 2 aromatic carbocycles. The van der Waals surface area contributed by atoms with E-state index in [-0.39, 0.29) is 23.5 Å². The fourth-order valence-electron chi connectivity index (χ4n) is 3.52. The summed E-state index contributed by atoms with van der Waals surface area (Å²) in [6.45, 7) is -0.378. The van der Waals surface area contributed by atoms with Gasteiger partial charge in [-0.1, -0.05) is 18.2 Å². The molecule has 0 spiro atoms. The van der Waals surface area contributed by atoms with Crippen molar-refractivity contribution in [1.82, 2.24) is 14.9 Å². The molecule has 1 heterocycles. The molecular formula is C21H22N4O8S. The predicted octanol–water partition coefficient (Wildman–Crippen LogP) is 0.747. The number of aliphatic carboxylic acids is 1. The fourth-order valence-corrected chi connectivity index (χ4v) is 5.18. The number of nitro benzene ring substituents is 1. The maximum Gasteiger partial charge on any atom is 0.328 e. The van der Waals surface area contributed by atoms with Crippen LogP contribution in [0.1, 0.15) is 23.2 Å². The van der Waals surface area contributed by atoms with Gasteiger partial charge in [-0.2, -0.15) is 4.31 Å². The van der Waals surface area contributed by atoms with Gasteiger partial charge in [0.05, 0.1) is 9.82 Å². The smallest absolute Gasteiger partial charge is 0.328 e. The molecular weight excluding hydrogens is 468 g/mol. The second kappa shape index (κ2) is 10.4. The molecule has 12 nitrogen and oxygen atoms in total. The van der Waals surface area contributed by atoms with Gasteiger partial charge in [-0.25, -0.2) is 13.2 Å². The van der Waals surface area contributed by atoms with Crippen molar-refractivity contribution in [2.45, 2.75) is 29.8 Å². The number of amides is 2. The number of carboxylic acid groups (broad SMARTS) is 1. The molecule has 1 aliphatic heterocycles. The highest BCUT2D eigenvalue weighted by atomic mass is 32.2. The van der Waals surface area contributed by atoms with Crippen LogP contribution in [-0.2, 0) is 19.6 Å². The van der Waals surface area contributed by atoms with E-state index in [1.165, 1.54) is 0 Å². The lowest BCUT2D eigenvalue weighted by Crippen LogP contribution is -2.54. The van der Waals surface area contributed by atoms with Crippen LogP contribution < -0.4 is 10.6 Å². The number of nitro groups is 1. The van der Waals surface area contributed by atoms with Gasteiger partial charge < -0.3 is 15.7 Å². The summed E-state index contributed by atoms with van der Waals surface area (Å²) < 4.78 is 27.0. The molecule has 2 atom stereocenters. The van der Waals surface area contributed by atoms with Gasteiger partial charge in [0.1, 0.15) is 12.1 Å². The van der Waals surface area contributed by atoms with Crippen LogP contribution in [0.4, 0.5) is 5.69 Å². The van der Waals surface area contributed by atoms with Gasteiger partial charge in [-0.15, -0.1) is 0 Å². The molecule has 1 saturated heterocycles. The number of hydrogen-bond donors (Lipinski definition) is 3. The lowest BCUT2D eigenvalue weighted by Gasteiger charge is -2.25. The molecule has 2 amide bonds. The Morgan fingerprint density at radius 3 is 2.35 bits per heavy atom. The highest BCUT2D eigenvalue weighted by Gasteiger charge is 2.40. The summed E-state index contributed by atoms with van der Waals surface area (Å²) in [6.07, 6.45) is 0.535. The van der Waals surface area contributed by atoms with Gasteiger partial charge in [0, 0.05) is 30.8 Å². The molecule has 3 N–H and O–H groups in total. The van der Waals surface area contributed by atoms with Crippen molar-refractivity contribution < 1.29 is 32.8 Å². The van der Waals surface area contributed by atoms with Gasteiger partial charge >= 0.3 is 5.97 Å². The maximum absolute atomic E-state index is 13.0. The lowest BCUT2D eigenvalue weighted by atomic mass is 10.2. The molecule has 34 heavy (non-hydrogen) atoms. The number of sulfonamides is 1. The molecule has 180 valence electrons. The molecule has 1 fully saturated rings. The van der Waals surface area contributed by atoms with Gasteiger partial charge in [0.2, 0.25) is 15.9 Å².